The molecule has 1 N–H and O–H groups in total. The van der Waals surface area contributed by atoms with E-state index < -0.39 is 10.0 Å². The third-order valence-corrected chi connectivity index (χ3v) is 5.45. The van der Waals surface area contributed by atoms with Gasteiger partial charge in [0.1, 0.15) is 0 Å². The molecule has 2 amide bonds. The number of nitrogens with zero attached hydrogens (tertiary/aromatic N) is 2. The van der Waals surface area contributed by atoms with Gasteiger partial charge in [0, 0.05) is 39.0 Å². The van der Waals surface area contributed by atoms with Crippen molar-refractivity contribution in [3.05, 3.63) is 35.9 Å². The Morgan fingerprint density at radius 1 is 1.33 bits per heavy atom. The fourth-order valence-corrected chi connectivity index (χ4v) is 3.04. The van der Waals surface area contributed by atoms with E-state index in [0.717, 1.165) is 11.8 Å². The molecule has 1 unspecified atom stereocenters. The van der Waals surface area contributed by atoms with Crippen LogP contribution in [0.4, 0.5) is 0 Å². The van der Waals surface area contributed by atoms with Crippen molar-refractivity contribution in [2.24, 2.45) is 0 Å². The fraction of sp³-hybridized carbons (Fsp3) is 0.500. The number of likely N-dealkylation sites (tertiary alicyclic amines) is 1. The normalized spacial score (nSPS) is 18.2. The first-order chi connectivity index (χ1) is 11.3. The van der Waals surface area contributed by atoms with Crippen molar-refractivity contribution in [2.45, 2.75) is 12.3 Å². The lowest BCUT2D eigenvalue weighted by Gasteiger charge is -2.18. The van der Waals surface area contributed by atoms with Gasteiger partial charge in [0.05, 0.1) is 12.8 Å². The maximum atomic E-state index is 12.1. The van der Waals surface area contributed by atoms with Crippen molar-refractivity contribution in [1.29, 1.82) is 0 Å². The second kappa shape index (κ2) is 7.76. The number of sulfonamides is 1. The van der Waals surface area contributed by atoms with Crippen LogP contribution in [0.1, 0.15) is 17.9 Å². The Bertz CT molecular complexity index is 691. The summed E-state index contributed by atoms with van der Waals surface area (Å²) in [7, 11) is -1.80. The molecule has 0 aliphatic carbocycles. The van der Waals surface area contributed by atoms with Gasteiger partial charge in [0.2, 0.25) is 21.8 Å². The number of hydrogen-bond acceptors (Lipinski definition) is 4. The molecule has 0 bridgehead atoms. The summed E-state index contributed by atoms with van der Waals surface area (Å²) in [5.74, 6) is -0.200. The molecule has 0 aromatic heterocycles. The summed E-state index contributed by atoms with van der Waals surface area (Å²) in [4.78, 5) is 25.6. The average Bonchev–Trinajstić information content (AvgIpc) is 2.88. The Labute approximate surface area is 142 Å². The van der Waals surface area contributed by atoms with E-state index in [0.29, 0.717) is 13.0 Å². The van der Waals surface area contributed by atoms with Crippen molar-refractivity contribution in [3.8, 4) is 0 Å². The van der Waals surface area contributed by atoms with Crippen molar-refractivity contribution < 1.29 is 18.0 Å². The molecule has 0 radical (unpaired) electrons. The molecular weight excluding hydrogens is 330 g/mol. The quantitative estimate of drug-likeness (QED) is 0.748. The number of hydrogen-bond donors (Lipinski definition) is 1. The van der Waals surface area contributed by atoms with Crippen molar-refractivity contribution in [3.63, 3.8) is 0 Å². The van der Waals surface area contributed by atoms with Crippen molar-refractivity contribution >= 4 is 21.8 Å². The highest BCUT2D eigenvalue weighted by atomic mass is 32.2. The number of amides is 2. The summed E-state index contributed by atoms with van der Waals surface area (Å²) in [6.07, 6.45) is 1.52. The largest absolute Gasteiger partial charge is 0.353 e. The van der Waals surface area contributed by atoms with Gasteiger partial charge in [0.15, 0.2) is 0 Å². The minimum Gasteiger partial charge on any atom is -0.353 e. The predicted molar refractivity (Wildman–Crippen MR) is 90.9 cm³/mol. The minimum absolute atomic E-state index is 0.00472. The van der Waals surface area contributed by atoms with E-state index in [-0.39, 0.29) is 37.4 Å². The summed E-state index contributed by atoms with van der Waals surface area (Å²) < 4.78 is 23.7. The van der Waals surface area contributed by atoms with Crippen LogP contribution < -0.4 is 5.32 Å². The minimum atomic E-state index is -3.25. The zero-order valence-corrected chi connectivity index (χ0v) is 14.8. The predicted octanol–water partition coefficient (Wildman–Crippen LogP) is 0.0101. The summed E-state index contributed by atoms with van der Waals surface area (Å²) in [5, 5.41) is 2.65. The number of carbonyl (C=O) groups is 2. The maximum Gasteiger partial charge on any atom is 0.239 e. The second-order valence-corrected chi connectivity index (χ2v) is 8.11. The van der Waals surface area contributed by atoms with E-state index in [1.54, 1.807) is 4.90 Å². The Kier molecular flexibility index (Phi) is 5.95. The fourth-order valence-electron chi connectivity index (χ4n) is 2.62. The van der Waals surface area contributed by atoms with Crippen LogP contribution in [-0.2, 0) is 19.6 Å². The molecule has 1 aromatic carbocycles. The van der Waals surface area contributed by atoms with Crippen LogP contribution in [0, 0.1) is 0 Å². The third-order valence-electron chi connectivity index (χ3n) is 4.13. The molecule has 8 heteroatoms. The molecule has 2 rings (SSSR count). The number of carbonyl (C=O) groups excluding carboxylic acids is 2. The number of likely N-dealkylation sites (N-methyl/N-ethyl adjacent to an activating group) is 1. The second-order valence-electron chi connectivity index (χ2n) is 6.02. The lowest BCUT2D eigenvalue weighted by Crippen LogP contribution is -2.41. The van der Waals surface area contributed by atoms with Gasteiger partial charge in [-0.15, -0.1) is 0 Å². The molecule has 1 aromatic rings. The molecular formula is C16H23N3O4S. The van der Waals surface area contributed by atoms with Gasteiger partial charge in [-0.2, -0.15) is 0 Å². The lowest BCUT2D eigenvalue weighted by atomic mass is 9.99. The standard InChI is InChI=1S/C16H23N3O4S/c1-18(24(2,22)23)9-8-17-15(20)12-19-11-14(10-16(19)21)13-6-4-3-5-7-13/h3-7,14H,8-12H2,1-2H3,(H,17,20). The van der Waals surface area contributed by atoms with E-state index in [4.69, 9.17) is 0 Å². The summed E-state index contributed by atoms with van der Waals surface area (Å²) >= 11 is 0. The van der Waals surface area contributed by atoms with Gasteiger partial charge in [-0.05, 0) is 5.56 Å². The molecule has 1 aliphatic rings. The van der Waals surface area contributed by atoms with E-state index >= 15 is 0 Å². The molecule has 1 fully saturated rings. The topological polar surface area (TPSA) is 86.8 Å². The number of rotatable bonds is 7. The summed E-state index contributed by atoms with van der Waals surface area (Å²) in [6.45, 7) is 0.946. The van der Waals surface area contributed by atoms with E-state index in [9.17, 15) is 18.0 Å². The van der Waals surface area contributed by atoms with E-state index in [2.05, 4.69) is 5.32 Å². The van der Waals surface area contributed by atoms with Gasteiger partial charge >= 0.3 is 0 Å². The molecule has 132 valence electrons. The van der Waals surface area contributed by atoms with Crippen LogP contribution in [-0.4, -0.2) is 68.9 Å². The molecule has 1 aliphatic heterocycles. The van der Waals surface area contributed by atoms with Crippen LogP contribution in [0.3, 0.4) is 0 Å². The van der Waals surface area contributed by atoms with Gasteiger partial charge in [0.25, 0.3) is 0 Å². The Morgan fingerprint density at radius 3 is 2.62 bits per heavy atom. The van der Waals surface area contributed by atoms with Crippen LogP contribution in [0.2, 0.25) is 0 Å². The van der Waals surface area contributed by atoms with Crippen LogP contribution in [0.5, 0.6) is 0 Å². The number of nitrogens with one attached hydrogen (secondary N) is 1. The van der Waals surface area contributed by atoms with Crippen LogP contribution in [0.25, 0.3) is 0 Å². The van der Waals surface area contributed by atoms with Gasteiger partial charge < -0.3 is 10.2 Å². The molecule has 1 heterocycles. The molecule has 0 saturated carbocycles. The lowest BCUT2D eigenvalue weighted by molar-refractivity contribution is -0.133. The Hall–Kier alpha value is -1.93. The molecule has 1 saturated heterocycles. The zero-order valence-electron chi connectivity index (χ0n) is 13.9. The Balaban J connectivity index is 1.79. The highest BCUT2D eigenvalue weighted by Gasteiger charge is 2.31. The zero-order chi connectivity index (χ0) is 17.7. The van der Waals surface area contributed by atoms with Crippen LogP contribution in [0.15, 0.2) is 30.3 Å². The Morgan fingerprint density at radius 2 is 2.00 bits per heavy atom. The van der Waals surface area contributed by atoms with Gasteiger partial charge in [-0.3, -0.25) is 9.59 Å². The van der Waals surface area contributed by atoms with Crippen molar-refractivity contribution in [1.82, 2.24) is 14.5 Å². The molecule has 0 spiro atoms. The molecule has 24 heavy (non-hydrogen) atoms. The maximum absolute atomic E-state index is 12.1. The summed E-state index contributed by atoms with van der Waals surface area (Å²) in [6, 6.07) is 9.78. The smallest absolute Gasteiger partial charge is 0.239 e. The first-order valence-corrected chi connectivity index (χ1v) is 9.63. The molecule has 1 atom stereocenters. The SMILES string of the molecule is CN(CCNC(=O)CN1CC(c2ccccc2)CC1=O)S(C)(=O)=O. The summed E-state index contributed by atoms with van der Waals surface area (Å²) in [5.41, 5.74) is 1.10. The molecule has 7 nitrogen and oxygen atoms in total. The third kappa shape index (κ3) is 5.04. The van der Waals surface area contributed by atoms with Gasteiger partial charge in [-0.1, -0.05) is 30.3 Å². The first-order valence-electron chi connectivity index (χ1n) is 7.78. The monoisotopic (exact) mass is 353 g/mol. The van der Waals surface area contributed by atoms with Crippen LogP contribution >= 0.6 is 0 Å². The van der Waals surface area contributed by atoms with Gasteiger partial charge in [-0.25, -0.2) is 12.7 Å². The highest BCUT2D eigenvalue weighted by Crippen LogP contribution is 2.27. The number of benzene rings is 1. The highest BCUT2D eigenvalue weighted by molar-refractivity contribution is 7.88. The van der Waals surface area contributed by atoms with E-state index in [1.807, 2.05) is 30.3 Å². The first kappa shape index (κ1) is 18.4. The average molecular weight is 353 g/mol. The van der Waals surface area contributed by atoms with E-state index in [1.165, 1.54) is 11.4 Å². The van der Waals surface area contributed by atoms with Crippen molar-refractivity contribution in [2.75, 3.05) is 39.5 Å².